The van der Waals surface area contributed by atoms with Gasteiger partial charge in [0.05, 0.1) is 28.3 Å². The highest BCUT2D eigenvalue weighted by atomic mass is 32.2. The van der Waals surface area contributed by atoms with E-state index in [1.165, 1.54) is 19.3 Å². The van der Waals surface area contributed by atoms with E-state index in [9.17, 15) is 0 Å². The molecule has 1 fully saturated rings. The van der Waals surface area contributed by atoms with Gasteiger partial charge in [0.25, 0.3) is 0 Å². The number of rotatable bonds is 5. The van der Waals surface area contributed by atoms with E-state index in [4.69, 9.17) is 14.1 Å². The minimum atomic E-state index is 0.287. The van der Waals surface area contributed by atoms with Crippen molar-refractivity contribution in [3.8, 4) is 17.3 Å². The second-order valence-corrected chi connectivity index (χ2v) is 8.16. The standard InChI is InChI=1S/C22H21N3O2S/c1-2-5-15(6-3-1)27-20-13-17-18(25-22(24-17)19-7-4-12-26-19)14-21(20)28-16-8-10-23-11-9-16/h4,7-15H,1-3,5-6H2,(H,24,25). The van der Waals surface area contributed by atoms with Gasteiger partial charge in [0.1, 0.15) is 5.75 Å². The van der Waals surface area contributed by atoms with Gasteiger partial charge in [-0.15, -0.1) is 0 Å². The van der Waals surface area contributed by atoms with Crippen molar-refractivity contribution in [3.05, 3.63) is 55.1 Å². The molecule has 142 valence electrons. The molecule has 1 aliphatic rings. The van der Waals surface area contributed by atoms with Crippen molar-refractivity contribution in [2.75, 3.05) is 0 Å². The molecule has 6 heteroatoms. The van der Waals surface area contributed by atoms with E-state index < -0.39 is 0 Å². The van der Waals surface area contributed by atoms with Gasteiger partial charge in [-0.25, -0.2) is 4.98 Å². The fourth-order valence-corrected chi connectivity index (χ4v) is 4.51. The summed E-state index contributed by atoms with van der Waals surface area (Å²) in [7, 11) is 0. The molecule has 0 spiro atoms. The van der Waals surface area contributed by atoms with Gasteiger partial charge in [-0.2, -0.15) is 0 Å². The molecule has 4 aromatic rings. The summed E-state index contributed by atoms with van der Waals surface area (Å²) in [4.78, 5) is 14.4. The Kier molecular flexibility index (Phi) is 4.79. The number of H-pyrrole nitrogens is 1. The zero-order valence-corrected chi connectivity index (χ0v) is 16.2. The first-order valence-electron chi connectivity index (χ1n) is 9.67. The van der Waals surface area contributed by atoms with Crippen LogP contribution in [0.15, 0.2) is 69.3 Å². The van der Waals surface area contributed by atoms with Crippen molar-refractivity contribution < 1.29 is 9.15 Å². The summed E-state index contributed by atoms with van der Waals surface area (Å²) in [6.45, 7) is 0. The number of benzene rings is 1. The average Bonchev–Trinajstić information content (AvgIpc) is 3.39. The number of hydrogen-bond acceptors (Lipinski definition) is 5. The Balaban J connectivity index is 1.53. The van der Waals surface area contributed by atoms with Crippen LogP contribution in [0.3, 0.4) is 0 Å². The molecule has 1 N–H and O–H groups in total. The second kappa shape index (κ2) is 7.72. The van der Waals surface area contributed by atoms with E-state index in [-0.39, 0.29) is 6.10 Å². The number of hydrogen-bond donors (Lipinski definition) is 1. The first kappa shape index (κ1) is 17.4. The van der Waals surface area contributed by atoms with E-state index in [0.717, 1.165) is 51.0 Å². The smallest absolute Gasteiger partial charge is 0.174 e. The van der Waals surface area contributed by atoms with Crippen LogP contribution >= 0.6 is 11.8 Å². The Morgan fingerprint density at radius 1 is 1.07 bits per heavy atom. The Bertz CT molecular complexity index is 1050. The van der Waals surface area contributed by atoms with Crippen molar-refractivity contribution >= 4 is 22.8 Å². The Morgan fingerprint density at radius 2 is 1.93 bits per heavy atom. The third-order valence-electron chi connectivity index (χ3n) is 5.03. The molecule has 0 amide bonds. The largest absolute Gasteiger partial charge is 0.489 e. The third kappa shape index (κ3) is 3.64. The zero-order valence-electron chi connectivity index (χ0n) is 15.4. The SMILES string of the molecule is c1coc(-c2nc3cc(Sc4ccncc4)c(OC4CCCCC4)cc3[nH]2)c1. The van der Waals surface area contributed by atoms with Crippen LogP contribution in [0.2, 0.25) is 0 Å². The van der Waals surface area contributed by atoms with E-state index in [1.54, 1.807) is 18.0 Å². The normalized spacial score (nSPS) is 15.1. The summed E-state index contributed by atoms with van der Waals surface area (Å²) in [5.74, 6) is 2.37. The quantitative estimate of drug-likeness (QED) is 0.446. The minimum Gasteiger partial charge on any atom is -0.489 e. The van der Waals surface area contributed by atoms with E-state index in [0.29, 0.717) is 0 Å². The molecular formula is C22H21N3O2S. The summed E-state index contributed by atoms with van der Waals surface area (Å²) in [5.41, 5.74) is 1.86. The van der Waals surface area contributed by atoms with Crippen molar-refractivity contribution in [1.82, 2.24) is 15.0 Å². The molecular weight excluding hydrogens is 370 g/mol. The van der Waals surface area contributed by atoms with Crippen LogP contribution in [0.5, 0.6) is 5.75 Å². The number of fused-ring (bicyclic) bond motifs is 1. The zero-order chi connectivity index (χ0) is 18.8. The van der Waals surface area contributed by atoms with Gasteiger partial charge in [-0.3, -0.25) is 4.98 Å². The molecule has 0 aliphatic heterocycles. The highest BCUT2D eigenvalue weighted by Gasteiger charge is 2.19. The third-order valence-corrected chi connectivity index (χ3v) is 6.07. The number of imidazole rings is 1. The molecule has 0 bridgehead atoms. The summed E-state index contributed by atoms with van der Waals surface area (Å²) in [6.07, 6.45) is 11.6. The molecule has 1 saturated carbocycles. The molecule has 5 rings (SSSR count). The molecule has 0 saturated heterocycles. The van der Waals surface area contributed by atoms with Crippen LogP contribution in [0.25, 0.3) is 22.6 Å². The van der Waals surface area contributed by atoms with Crippen molar-refractivity contribution in [1.29, 1.82) is 0 Å². The van der Waals surface area contributed by atoms with Crippen LogP contribution in [0.4, 0.5) is 0 Å². The van der Waals surface area contributed by atoms with Gasteiger partial charge in [0.15, 0.2) is 11.6 Å². The van der Waals surface area contributed by atoms with E-state index >= 15 is 0 Å². The number of nitrogens with zero attached hydrogens (tertiary/aromatic N) is 2. The van der Waals surface area contributed by atoms with Crippen LogP contribution in [0.1, 0.15) is 32.1 Å². The predicted octanol–water partition coefficient (Wildman–Crippen LogP) is 6.08. The highest BCUT2D eigenvalue weighted by Crippen LogP contribution is 2.39. The first-order chi connectivity index (χ1) is 13.8. The summed E-state index contributed by atoms with van der Waals surface area (Å²) < 4.78 is 11.9. The van der Waals surface area contributed by atoms with Gasteiger partial charge >= 0.3 is 0 Å². The van der Waals surface area contributed by atoms with Gasteiger partial charge in [-0.05, 0) is 56.0 Å². The lowest BCUT2D eigenvalue weighted by atomic mass is 9.98. The summed E-state index contributed by atoms with van der Waals surface area (Å²) in [6, 6.07) is 12.0. The number of pyridine rings is 1. The molecule has 1 aromatic carbocycles. The van der Waals surface area contributed by atoms with Crippen LogP contribution < -0.4 is 4.74 Å². The van der Waals surface area contributed by atoms with Gasteiger partial charge in [0.2, 0.25) is 0 Å². The van der Waals surface area contributed by atoms with Crippen molar-refractivity contribution in [3.63, 3.8) is 0 Å². The van der Waals surface area contributed by atoms with E-state index in [1.807, 2.05) is 36.7 Å². The monoisotopic (exact) mass is 391 g/mol. The maximum Gasteiger partial charge on any atom is 0.174 e. The molecule has 0 radical (unpaired) electrons. The fraction of sp³-hybridized carbons (Fsp3) is 0.273. The molecule has 3 heterocycles. The summed E-state index contributed by atoms with van der Waals surface area (Å²) >= 11 is 1.68. The molecule has 0 unspecified atom stereocenters. The number of nitrogens with one attached hydrogen (secondary N) is 1. The molecule has 1 aliphatic carbocycles. The topological polar surface area (TPSA) is 63.9 Å². The minimum absolute atomic E-state index is 0.287. The number of furan rings is 1. The van der Waals surface area contributed by atoms with Crippen molar-refractivity contribution in [2.45, 2.75) is 48.0 Å². The van der Waals surface area contributed by atoms with Gasteiger partial charge < -0.3 is 14.1 Å². The number of aromatic amines is 1. The van der Waals surface area contributed by atoms with Crippen LogP contribution in [-0.2, 0) is 0 Å². The number of ether oxygens (including phenoxy) is 1. The molecule has 28 heavy (non-hydrogen) atoms. The first-order valence-corrected chi connectivity index (χ1v) is 10.5. The highest BCUT2D eigenvalue weighted by molar-refractivity contribution is 7.99. The second-order valence-electron chi connectivity index (χ2n) is 7.04. The lowest BCUT2D eigenvalue weighted by Crippen LogP contribution is -2.19. The van der Waals surface area contributed by atoms with Crippen LogP contribution in [0, 0.1) is 0 Å². The molecule has 0 atom stereocenters. The lowest BCUT2D eigenvalue weighted by Gasteiger charge is -2.24. The summed E-state index contributed by atoms with van der Waals surface area (Å²) in [5, 5.41) is 0. The molecule has 5 nitrogen and oxygen atoms in total. The van der Waals surface area contributed by atoms with Gasteiger partial charge in [-0.1, -0.05) is 18.2 Å². The molecule has 3 aromatic heterocycles. The van der Waals surface area contributed by atoms with Crippen LogP contribution in [-0.4, -0.2) is 21.1 Å². The van der Waals surface area contributed by atoms with Crippen molar-refractivity contribution in [2.24, 2.45) is 0 Å². The lowest BCUT2D eigenvalue weighted by molar-refractivity contribution is 0.151. The fourth-order valence-electron chi connectivity index (χ4n) is 3.62. The maximum absolute atomic E-state index is 6.46. The Morgan fingerprint density at radius 3 is 2.71 bits per heavy atom. The Hall–Kier alpha value is -2.73. The van der Waals surface area contributed by atoms with Gasteiger partial charge in [0, 0.05) is 23.4 Å². The average molecular weight is 391 g/mol. The number of aromatic nitrogens is 3. The maximum atomic E-state index is 6.46. The predicted molar refractivity (Wildman–Crippen MR) is 110 cm³/mol. The Labute approximate surface area is 167 Å². The van der Waals surface area contributed by atoms with E-state index in [2.05, 4.69) is 22.1 Å².